The number of aliphatic carboxylic acids is 1. The van der Waals surface area contributed by atoms with Crippen molar-refractivity contribution in [3.8, 4) is 5.75 Å². The lowest BCUT2D eigenvalue weighted by atomic mass is 10.3. The molecule has 0 saturated carbocycles. The Bertz CT molecular complexity index is 386. The van der Waals surface area contributed by atoms with Crippen molar-refractivity contribution >= 4 is 24.5 Å². The first kappa shape index (κ1) is 13.0. The van der Waals surface area contributed by atoms with E-state index < -0.39 is 19.3 Å². The predicted molar refractivity (Wildman–Crippen MR) is 60.9 cm³/mol. The summed E-state index contributed by atoms with van der Waals surface area (Å²) >= 11 is 5.42. The number of hydrogen-bond donors (Lipinski definition) is 1. The molecular weight excluding hydrogens is 253 g/mol. The Morgan fingerprint density at radius 1 is 1.50 bits per heavy atom. The number of para-hydroxylation sites is 1. The molecule has 5 nitrogen and oxygen atoms in total. The molecule has 0 fully saturated rings. The molecule has 1 rings (SSSR count). The van der Waals surface area contributed by atoms with Gasteiger partial charge in [-0.05, 0) is 30.3 Å². The minimum atomic E-state index is -2.76. The van der Waals surface area contributed by atoms with Crippen molar-refractivity contribution in [2.75, 3.05) is 0 Å². The molecule has 0 heterocycles. The minimum Gasteiger partial charge on any atom is -0.480 e. The first-order valence-electron chi connectivity index (χ1n) is 4.47. The van der Waals surface area contributed by atoms with E-state index in [1.54, 1.807) is 30.3 Å². The van der Waals surface area contributed by atoms with Gasteiger partial charge in [-0.3, -0.25) is 9.36 Å². The summed E-state index contributed by atoms with van der Waals surface area (Å²) in [5, 5.41) is 8.78. The molecule has 0 aliphatic heterocycles. The molecule has 0 aliphatic carbocycles. The van der Waals surface area contributed by atoms with E-state index in [0.29, 0.717) is 5.75 Å². The van der Waals surface area contributed by atoms with Crippen LogP contribution in [0.2, 0.25) is 0 Å². The van der Waals surface area contributed by atoms with Gasteiger partial charge in [-0.1, -0.05) is 23.0 Å². The van der Waals surface area contributed by atoms with Gasteiger partial charge in [-0.2, -0.15) is 0 Å². The summed E-state index contributed by atoms with van der Waals surface area (Å²) in [6, 6.07) is 7.35. The van der Waals surface area contributed by atoms with Gasteiger partial charge in [0.25, 0.3) is 7.30 Å². The van der Waals surface area contributed by atoms with Crippen LogP contribution in [0.1, 0.15) is 6.92 Å². The third kappa shape index (κ3) is 3.52. The van der Waals surface area contributed by atoms with Crippen LogP contribution in [-0.4, -0.2) is 22.0 Å². The van der Waals surface area contributed by atoms with Gasteiger partial charge in [0.05, 0.1) is 0 Å². The summed E-state index contributed by atoms with van der Waals surface area (Å²) in [4.78, 5) is 16.7. The zero-order valence-electron chi connectivity index (χ0n) is 8.46. The van der Waals surface area contributed by atoms with E-state index >= 15 is 0 Å². The van der Waals surface area contributed by atoms with Crippen LogP contribution in [0.3, 0.4) is 0 Å². The number of benzene rings is 1. The van der Waals surface area contributed by atoms with Crippen LogP contribution < -0.4 is 4.84 Å². The van der Waals surface area contributed by atoms with E-state index in [1.807, 2.05) is 0 Å². The van der Waals surface area contributed by atoms with Crippen molar-refractivity contribution in [1.29, 1.82) is 0 Å². The highest BCUT2D eigenvalue weighted by Crippen LogP contribution is 2.35. The van der Waals surface area contributed by atoms with Crippen molar-refractivity contribution in [3.63, 3.8) is 0 Å². The average molecular weight is 264 g/mol. The van der Waals surface area contributed by atoms with Gasteiger partial charge in [0.2, 0.25) is 0 Å². The van der Waals surface area contributed by atoms with E-state index in [2.05, 4.69) is 0 Å². The fourth-order valence-corrected chi connectivity index (χ4v) is 2.10. The number of rotatable bonds is 5. The van der Waals surface area contributed by atoms with Crippen molar-refractivity contribution in [2.45, 2.75) is 13.0 Å². The smallest absolute Gasteiger partial charge is 0.324 e. The van der Waals surface area contributed by atoms with Crippen molar-refractivity contribution in [3.05, 3.63) is 30.3 Å². The molecule has 0 spiro atoms. The van der Waals surface area contributed by atoms with Crippen molar-refractivity contribution in [2.24, 2.45) is 0 Å². The maximum atomic E-state index is 11.2. The van der Waals surface area contributed by atoms with Crippen molar-refractivity contribution < 1.29 is 19.3 Å². The Labute approximate surface area is 98.2 Å². The summed E-state index contributed by atoms with van der Waals surface area (Å²) in [7, 11) is -2.76. The molecule has 0 saturated heterocycles. The highest BCUT2D eigenvalue weighted by atomic mass is 35.7. The molecule has 1 aromatic carbocycles. The molecule has 0 radical (unpaired) electrons. The molecule has 1 unspecified atom stereocenters. The second-order valence-corrected chi connectivity index (χ2v) is 4.91. The Morgan fingerprint density at radius 3 is 2.50 bits per heavy atom. The van der Waals surface area contributed by atoms with Gasteiger partial charge in [-0.15, -0.1) is 0 Å². The van der Waals surface area contributed by atoms with Gasteiger partial charge >= 0.3 is 5.97 Å². The quantitative estimate of drug-likeness (QED) is 0.653. The largest absolute Gasteiger partial charge is 0.480 e. The highest BCUT2D eigenvalue weighted by molar-refractivity contribution is 7.71. The number of halogens is 1. The van der Waals surface area contributed by atoms with Crippen LogP contribution in [0.4, 0.5) is 0 Å². The van der Waals surface area contributed by atoms with Crippen LogP contribution in [0.25, 0.3) is 0 Å². The number of carboxylic acids is 1. The topological polar surface area (TPSA) is 66.8 Å². The number of hydroxylamine groups is 1. The lowest BCUT2D eigenvalue weighted by Gasteiger charge is -2.22. The van der Waals surface area contributed by atoms with Crippen LogP contribution in [0, 0.1) is 0 Å². The van der Waals surface area contributed by atoms with Crippen LogP contribution in [-0.2, 0) is 9.36 Å². The maximum Gasteiger partial charge on any atom is 0.324 e. The fourth-order valence-electron chi connectivity index (χ4n) is 0.962. The summed E-state index contributed by atoms with van der Waals surface area (Å²) < 4.78 is 11.2. The molecule has 1 N–H and O–H groups in total. The highest BCUT2D eigenvalue weighted by Gasteiger charge is 2.26. The Morgan fingerprint density at radius 2 is 2.06 bits per heavy atom. The van der Waals surface area contributed by atoms with Gasteiger partial charge in [0.15, 0.2) is 0 Å². The first-order valence-corrected chi connectivity index (χ1v) is 6.83. The average Bonchev–Trinajstić information content (AvgIpc) is 2.26. The maximum absolute atomic E-state index is 11.2. The van der Waals surface area contributed by atoms with E-state index in [0.717, 1.165) is 4.83 Å². The first-order chi connectivity index (χ1) is 7.52. The zero-order chi connectivity index (χ0) is 12.1. The summed E-state index contributed by atoms with van der Waals surface area (Å²) in [5.74, 6) is -0.774. The normalized spacial score (nSPS) is 14.4. The molecular formula is C9H11ClNO4P. The number of hydrogen-bond acceptors (Lipinski definition) is 3. The molecule has 16 heavy (non-hydrogen) atoms. The van der Waals surface area contributed by atoms with Gasteiger partial charge in [-0.25, -0.2) is 0 Å². The summed E-state index contributed by atoms with van der Waals surface area (Å²) in [6.07, 6.45) is 0. The van der Waals surface area contributed by atoms with E-state index in [9.17, 15) is 9.36 Å². The molecule has 88 valence electrons. The van der Waals surface area contributed by atoms with Gasteiger partial charge in [0.1, 0.15) is 11.8 Å². The molecule has 7 heteroatoms. The second-order valence-electron chi connectivity index (χ2n) is 3.00. The molecule has 0 bridgehead atoms. The number of carboxylic acid groups (broad SMARTS) is 1. The van der Waals surface area contributed by atoms with Gasteiger partial charge in [0, 0.05) is 0 Å². The lowest BCUT2D eigenvalue weighted by Crippen LogP contribution is -2.35. The fraction of sp³-hybridized carbons (Fsp3) is 0.222. The zero-order valence-corrected chi connectivity index (χ0v) is 10.2. The van der Waals surface area contributed by atoms with Crippen molar-refractivity contribution in [1.82, 2.24) is 4.83 Å². The van der Waals surface area contributed by atoms with Crippen LogP contribution in [0.5, 0.6) is 5.75 Å². The Balaban J connectivity index is 2.81. The minimum absolute atomic E-state index is 0.384. The summed E-state index contributed by atoms with van der Waals surface area (Å²) in [6.45, 7) is 1.34. The monoisotopic (exact) mass is 263 g/mol. The molecule has 1 aromatic rings. The lowest BCUT2D eigenvalue weighted by molar-refractivity contribution is -0.147. The SMILES string of the molecule is C[C@@H](C(=O)O)N(Oc1ccccc1)[PH](=O)Cl. The van der Waals surface area contributed by atoms with E-state index in [-0.39, 0.29) is 0 Å². The predicted octanol–water partition coefficient (Wildman–Crippen LogP) is 2.38. The Kier molecular flexibility index (Phi) is 4.80. The second kappa shape index (κ2) is 5.89. The van der Waals surface area contributed by atoms with Gasteiger partial charge < -0.3 is 9.94 Å². The number of nitrogens with zero attached hydrogens (tertiary/aromatic N) is 1. The van der Waals surface area contributed by atoms with Crippen LogP contribution >= 0.6 is 18.5 Å². The molecule has 0 aromatic heterocycles. The standard InChI is InChI=1S/C9H11ClNO4P/c1-7(9(12)13)11(16(10)14)15-8-5-3-2-4-6-8/h2-7,16H,1H3,(H,12,13)/t7-/m0/s1. The molecule has 0 aliphatic rings. The summed E-state index contributed by atoms with van der Waals surface area (Å²) in [5.41, 5.74) is 0. The van der Waals surface area contributed by atoms with E-state index in [1.165, 1.54) is 6.92 Å². The third-order valence-corrected chi connectivity index (χ3v) is 3.15. The van der Waals surface area contributed by atoms with E-state index in [4.69, 9.17) is 21.2 Å². The Hall–Kier alpha value is -1.03. The van der Waals surface area contributed by atoms with Crippen LogP contribution in [0.15, 0.2) is 30.3 Å². The molecule has 0 amide bonds. The molecule has 2 atom stereocenters. The third-order valence-electron chi connectivity index (χ3n) is 1.83. The number of carbonyl (C=O) groups is 1.